The highest BCUT2D eigenvalue weighted by Crippen LogP contribution is 2.48. The second kappa shape index (κ2) is 6.02. The predicted molar refractivity (Wildman–Crippen MR) is 90.3 cm³/mol. The van der Waals surface area contributed by atoms with E-state index in [2.05, 4.69) is 36.2 Å². The van der Waals surface area contributed by atoms with Gasteiger partial charge in [-0.3, -0.25) is 0 Å². The van der Waals surface area contributed by atoms with E-state index < -0.39 is 0 Å². The molecule has 116 valence electrons. The molecule has 0 N–H and O–H groups in total. The molecule has 2 aromatic rings. The third-order valence-corrected chi connectivity index (χ3v) is 5.35. The third kappa shape index (κ3) is 2.35. The zero-order valence-corrected chi connectivity index (χ0v) is 13.5. The number of likely N-dealkylation sites (tertiary alicyclic amines) is 1. The molecule has 3 atom stereocenters. The first kappa shape index (κ1) is 15.5. The van der Waals surface area contributed by atoms with Gasteiger partial charge in [-0.1, -0.05) is 42.5 Å². The van der Waals surface area contributed by atoms with Crippen molar-refractivity contribution in [1.82, 2.24) is 4.90 Å². The molecule has 0 spiro atoms. The van der Waals surface area contributed by atoms with Crippen molar-refractivity contribution in [2.75, 3.05) is 13.6 Å². The monoisotopic (exact) mass is 317 g/mol. The van der Waals surface area contributed by atoms with E-state index in [4.69, 9.17) is 0 Å². The standard InChI is InChI=1S/C19H20FN.ClH/c1-21-11-10-16-13-6-2-3-7-14(13)17(12-19(16)21)15-8-4-5-9-18(15)20;/h2-9,16-17,19H,10-12H2,1H3;1H/t16-,17-,19-;/m1./s1. The number of hydrogen-bond donors (Lipinski definition) is 0. The van der Waals surface area contributed by atoms with Crippen LogP contribution in [-0.4, -0.2) is 24.5 Å². The molecular weight excluding hydrogens is 297 g/mol. The van der Waals surface area contributed by atoms with Crippen LogP contribution < -0.4 is 0 Å². The van der Waals surface area contributed by atoms with E-state index in [-0.39, 0.29) is 24.1 Å². The quantitative estimate of drug-likeness (QED) is 0.744. The van der Waals surface area contributed by atoms with Gasteiger partial charge in [0.25, 0.3) is 0 Å². The second-order valence-electron chi connectivity index (χ2n) is 6.38. The van der Waals surface area contributed by atoms with Gasteiger partial charge < -0.3 is 4.90 Å². The Hall–Kier alpha value is -1.38. The molecule has 0 bridgehead atoms. The Morgan fingerprint density at radius 3 is 2.32 bits per heavy atom. The van der Waals surface area contributed by atoms with E-state index in [1.165, 1.54) is 17.5 Å². The lowest BCUT2D eigenvalue weighted by atomic mass is 9.71. The third-order valence-electron chi connectivity index (χ3n) is 5.35. The van der Waals surface area contributed by atoms with Crippen LogP contribution in [0.5, 0.6) is 0 Å². The molecule has 1 aliphatic heterocycles. The Balaban J connectivity index is 0.00000144. The van der Waals surface area contributed by atoms with E-state index in [1.54, 1.807) is 12.1 Å². The van der Waals surface area contributed by atoms with Gasteiger partial charge in [0, 0.05) is 17.9 Å². The van der Waals surface area contributed by atoms with Crippen molar-refractivity contribution in [2.45, 2.75) is 30.7 Å². The van der Waals surface area contributed by atoms with Crippen molar-refractivity contribution in [2.24, 2.45) is 0 Å². The number of fused-ring (bicyclic) bond motifs is 3. The Morgan fingerprint density at radius 1 is 0.955 bits per heavy atom. The minimum atomic E-state index is -0.0728. The molecule has 3 heteroatoms. The fourth-order valence-corrected chi connectivity index (χ4v) is 4.30. The molecule has 4 rings (SSSR count). The number of benzene rings is 2. The summed E-state index contributed by atoms with van der Waals surface area (Å²) >= 11 is 0. The van der Waals surface area contributed by atoms with Gasteiger partial charge >= 0.3 is 0 Å². The van der Waals surface area contributed by atoms with Crippen molar-refractivity contribution >= 4 is 12.4 Å². The van der Waals surface area contributed by atoms with Crippen LogP contribution in [-0.2, 0) is 0 Å². The number of nitrogens with zero attached hydrogens (tertiary/aromatic N) is 1. The molecule has 0 radical (unpaired) electrons. The molecule has 0 aromatic heterocycles. The molecule has 0 saturated carbocycles. The number of halogens is 2. The highest BCUT2D eigenvalue weighted by Gasteiger charge is 2.41. The van der Waals surface area contributed by atoms with Gasteiger partial charge in [-0.2, -0.15) is 0 Å². The van der Waals surface area contributed by atoms with E-state index >= 15 is 0 Å². The lowest BCUT2D eigenvalue weighted by molar-refractivity contribution is 0.264. The molecule has 1 fully saturated rings. The number of rotatable bonds is 1. The summed E-state index contributed by atoms with van der Waals surface area (Å²) in [6.45, 7) is 1.15. The molecule has 1 aliphatic carbocycles. The van der Waals surface area contributed by atoms with Crippen molar-refractivity contribution in [3.05, 3.63) is 71.0 Å². The van der Waals surface area contributed by atoms with Gasteiger partial charge in [0.05, 0.1) is 0 Å². The van der Waals surface area contributed by atoms with Crippen molar-refractivity contribution < 1.29 is 4.39 Å². The van der Waals surface area contributed by atoms with Crippen LogP contribution in [0.4, 0.5) is 4.39 Å². The molecule has 2 aliphatic rings. The second-order valence-corrected chi connectivity index (χ2v) is 6.38. The summed E-state index contributed by atoms with van der Waals surface area (Å²) in [7, 11) is 2.21. The first-order chi connectivity index (χ1) is 10.3. The van der Waals surface area contributed by atoms with Crippen LogP contribution in [0.25, 0.3) is 0 Å². The normalized spacial score (nSPS) is 26.9. The maximum atomic E-state index is 14.3. The van der Waals surface area contributed by atoms with E-state index in [0.29, 0.717) is 12.0 Å². The molecule has 1 saturated heterocycles. The summed E-state index contributed by atoms with van der Waals surface area (Å²) in [6, 6.07) is 16.5. The lowest BCUT2D eigenvalue weighted by Gasteiger charge is -2.37. The predicted octanol–water partition coefficient (Wildman–Crippen LogP) is 4.57. The van der Waals surface area contributed by atoms with Crippen LogP contribution in [0.1, 0.15) is 41.4 Å². The summed E-state index contributed by atoms with van der Waals surface area (Å²) < 4.78 is 14.3. The van der Waals surface area contributed by atoms with Crippen LogP contribution in [0.2, 0.25) is 0 Å². The number of hydrogen-bond acceptors (Lipinski definition) is 1. The molecule has 0 unspecified atom stereocenters. The highest BCUT2D eigenvalue weighted by molar-refractivity contribution is 5.85. The van der Waals surface area contributed by atoms with E-state index in [9.17, 15) is 4.39 Å². The van der Waals surface area contributed by atoms with Crippen molar-refractivity contribution in [3.8, 4) is 0 Å². The minimum Gasteiger partial charge on any atom is -0.303 e. The van der Waals surface area contributed by atoms with Gasteiger partial charge in [-0.15, -0.1) is 12.4 Å². The van der Waals surface area contributed by atoms with Crippen LogP contribution in [0.15, 0.2) is 48.5 Å². The molecule has 2 aromatic carbocycles. The summed E-state index contributed by atoms with van der Waals surface area (Å²) in [5.74, 6) is 0.731. The highest BCUT2D eigenvalue weighted by atomic mass is 35.5. The van der Waals surface area contributed by atoms with E-state index in [1.807, 2.05) is 12.1 Å². The van der Waals surface area contributed by atoms with Gasteiger partial charge in [-0.25, -0.2) is 4.39 Å². The average Bonchev–Trinajstić information content (AvgIpc) is 2.89. The molecule has 0 amide bonds. The molecule has 1 heterocycles. The Bertz CT molecular complexity index is 672. The molecule has 22 heavy (non-hydrogen) atoms. The summed E-state index contributed by atoms with van der Waals surface area (Å²) in [5.41, 5.74) is 3.62. The maximum Gasteiger partial charge on any atom is 0.127 e. The largest absolute Gasteiger partial charge is 0.303 e. The van der Waals surface area contributed by atoms with Gasteiger partial charge in [0.2, 0.25) is 0 Å². The molecular formula is C19H21ClFN. The van der Waals surface area contributed by atoms with E-state index in [0.717, 1.165) is 18.5 Å². The SMILES string of the molecule is CN1CC[C@@H]2c3ccccc3[C@H](c3ccccc3F)C[C@H]21.Cl. The first-order valence-corrected chi connectivity index (χ1v) is 7.79. The minimum absolute atomic E-state index is 0. The fourth-order valence-electron chi connectivity index (χ4n) is 4.30. The van der Waals surface area contributed by atoms with Crippen LogP contribution >= 0.6 is 12.4 Å². The Kier molecular flexibility index (Phi) is 4.24. The van der Waals surface area contributed by atoms with Crippen LogP contribution in [0.3, 0.4) is 0 Å². The van der Waals surface area contributed by atoms with Crippen molar-refractivity contribution in [3.63, 3.8) is 0 Å². The van der Waals surface area contributed by atoms with Gasteiger partial charge in [0.1, 0.15) is 5.82 Å². The zero-order valence-electron chi connectivity index (χ0n) is 12.7. The topological polar surface area (TPSA) is 3.24 Å². The maximum absolute atomic E-state index is 14.3. The molecule has 1 nitrogen and oxygen atoms in total. The van der Waals surface area contributed by atoms with Gasteiger partial charge in [-0.05, 0) is 49.2 Å². The summed E-state index contributed by atoms with van der Waals surface area (Å²) in [5, 5.41) is 0. The van der Waals surface area contributed by atoms with Gasteiger partial charge in [0.15, 0.2) is 0 Å². The Labute approximate surface area is 137 Å². The fraction of sp³-hybridized carbons (Fsp3) is 0.368. The Morgan fingerprint density at radius 2 is 1.59 bits per heavy atom. The first-order valence-electron chi connectivity index (χ1n) is 7.79. The van der Waals surface area contributed by atoms with Crippen LogP contribution in [0, 0.1) is 5.82 Å². The number of likely N-dealkylation sites (N-methyl/N-ethyl adjacent to an activating group) is 1. The summed E-state index contributed by atoms with van der Waals surface area (Å²) in [4.78, 5) is 2.45. The smallest absolute Gasteiger partial charge is 0.127 e. The zero-order chi connectivity index (χ0) is 14.4. The average molecular weight is 318 g/mol. The van der Waals surface area contributed by atoms with Crippen molar-refractivity contribution in [1.29, 1.82) is 0 Å². The summed E-state index contributed by atoms with van der Waals surface area (Å²) in [6.07, 6.45) is 2.25. The lowest BCUT2D eigenvalue weighted by Crippen LogP contribution is -2.34.